The van der Waals surface area contributed by atoms with E-state index in [1.54, 1.807) is 6.08 Å². The number of benzene rings is 2. The Labute approximate surface area is 236 Å². The molecule has 9 nitrogen and oxygen atoms in total. The first-order valence-electron chi connectivity index (χ1n) is 14.3. The zero-order valence-electron chi connectivity index (χ0n) is 23.3. The summed E-state index contributed by atoms with van der Waals surface area (Å²) >= 11 is 0. The van der Waals surface area contributed by atoms with Crippen molar-refractivity contribution < 1.29 is 14.3 Å². The standard InChI is InChI=1S/C31H40N6O3/c1-3-35(4-2)18-9-13-27(38)36-19-8-10-23(20-36)37-21-26(28-29(37)31(39)34-33-30(28)32)22-14-16-25(17-15-22)40-24-11-6-5-7-12-24/h5-7,9,11-17,21,23,28-30,33H,3-4,8,10,18-20,32H2,1-2H3,(H,34,39)/b13-9+/t23-,28?,29?,30?/m1/s1. The van der Waals surface area contributed by atoms with Crippen LogP contribution < -0.4 is 21.3 Å². The van der Waals surface area contributed by atoms with Crippen LogP contribution in [0.4, 0.5) is 0 Å². The van der Waals surface area contributed by atoms with Crippen molar-refractivity contribution in [3.63, 3.8) is 0 Å². The fourth-order valence-corrected chi connectivity index (χ4v) is 5.92. The number of nitrogens with one attached hydrogen (secondary N) is 2. The van der Waals surface area contributed by atoms with Crippen LogP contribution in [-0.4, -0.2) is 77.5 Å². The lowest BCUT2D eigenvalue weighted by Gasteiger charge is -2.43. The third-order valence-electron chi connectivity index (χ3n) is 8.14. The summed E-state index contributed by atoms with van der Waals surface area (Å²) in [5.74, 6) is 1.20. The van der Waals surface area contributed by atoms with Crippen LogP contribution in [0.5, 0.6) is 11.5 Å². The average molecular weight is 545 g/mol. The van der Waals surface area contributed by atoms with E-state index in [0.717, 1.165) is 61.7 Å². The lowest BCUT2D eigenvalue weighted by Crippen LogP contribution is -2.67. The van der Waals surface area contributed by atoms with E-state index in [0.29, 0.717) is 6.54 Å². The Hall–Kier alpha value is -3.66. The Kier molecular flexibility index (Phi) is 8.84. The second kappa shape index (κ2) is 12.7. The maximum atomic E-state index is 13.2. The number of ether oxygens (including phenoxy) is 1. The van der Waals surface area contributed by atoms with Crippen LogP contribution in [0.25, 0.3) is 5.57 Å². The van der Waals surface area contributed by atoms with Crippen molar-refractivity contribution in [2.75, 3.05) is 32.7 Å². The number of fused-ring (bicyclic) bond motifs is 1. The van der Waals surface area contributed by atoms with Crippen LogP contribution in [0, 0.1) is 5.92 Å². The molecule has 4 N–H and O–H groups in total. The first kappa shape index (κ1) is 27.9. The van der Waals surface area contributed by atoms with Gasteiger partial charge >= 0.3 is 0 Å². The molecule has 0 spiro atoms. The molecule has 9 heteroatoms. The van der Waals surface area contributed by atoms with Gasteiger partial charge in [0.05, 0.1) is 6.17 Å². The Morgan fingerprint density at radius 2 is 1.82 bits per heavy atom. The molecule has 3 aliphatic rings. The van der Waals surface area contributed by atoms with Crippen molar-refractivity contribution in [1.29, 1.82) is 0 Å². The number of hydrazine groups is 1. The van der Waals surface area contributed by atoms with Gasteiger partial charge in [-0.3, -0.25) is 15.0 Å². The molecule has 0 bridgehead atoms. The molecule has 0 aliphatic carbocycles. The van der Waals surface area contributed by atoms with Gasteiger partial charge < -0.3 is 25.2 Å². The van der Waals surface area contributed by atoms with E-state index in [-0.39, 0.29) is 23.8 Å². The van der Waals surface area contributed by atoms with Gasteiger partial charge in [0, 0.05) is 43.9 Å². The first-order valence-corrected chi connectivity index (χ1v) is 14.3. The van der Waals surface area contributed by atoms with Gasteiger partial charge in [0.15, 0.2) is 0 Å². The topological polar surface area (TPSA) is 103 Å². The smallest absolute Gasteiger partial charge is 0.257 e. The number of carbonyl (C=O) groups is 2. The Bertz CT molecular complexity index is 1230. The highest BCUT2D eigenvalue weighted by Crippen LogP contribution is 2.41. The van der Waals surface area contributed by atoms with Crippen LogP contribution in [0.15, 0.2) is 72.9 Å². The number of hydrogen-bond acceptors (Lipinski definition) is 7. The molecule has 0 saturated carbocycles. The monoisotopic (exact) mass is 544 g/mol. The molecule has 5 rings (SSSR count). The van der Waals surface area contributed by atoms with E-state index in [9.17, 15) is 9.59 Å². The van der Waals surface area contributed by atoms with Gasteiger partial charge in [0.2, 0.25) is 5.91 Å². The van der Waals surface area contributed by atoms with Crippen molar-refractivity contribution >= 4 is 17.4 Å². The van der Waals surface area contributed by atoms with Crippen LogP contribution in [0.1, 0.15) is 32.3 Å². The predicted octanol–water partition coefficient (Wildman–Crippen LogP) is 2.93. The summed E-state index contributed by atoms with van der Waals surface area (Å²) in [6.45, 7) is 8.20. The van der Waals surface area contributed by atoms with Crippen LogP contribution in [-0.2, 0) is 9.59 Å². The minimum atomic E-state index is -0.441. The lowest BCUT2D eigenvalue weighted by atomic mass is 9.86. The highest BCUT2D eigenvalue weighted by Gasteiger charge is 2.49. The number of piperidine rings is 1. The predicted molar refractivity (Wildman–Crippen MR) is 156 cm³/mol. The number of rotatable bonds is 9. The minimum Gasteiger partial charge on any atom is -0.457 e. The molecule has 2 saturated heterocycles. The molecule has 3 heterocycles. The van der Waals surface area contributed by atoms with Gasteiger partial charge in [-0.1, -0.05) is 50.3 Å². The van der Waals surface area contributed by atoms with Crippen molar-refractivity contribution in [2.45, 2.75) is 44.9 Å². The molecular weight excluding hydrogens is 504 g/mol. The quantitative estimate of drug-likeness (QED) is 0.417. The molecule has 3 aliphatic heterocycles. The number of amides is 2. The van der Waals surface area contributed by atoms with E-state index in [1.165, 1.54) is 0 Å². The highest BCUT2D eigenvalue weighted by molar-refractivity contribution is 5.89. The normalized spacial score (nSPS) is 24.7. The van der Waals surface area contributed by atoms with Gasteiger partial charge in [-0.25, -0.2) is 5.43 Å². The molecule has 2 amide bonds. The molecule has 3 unspecified atom stereocenters. The molecule has 4 atom stereocenters. The van der Waals surface area contributed by atoms with Gasteiger partial charge in [-0.05, 0) is 61.3 Å². The number of para-hydroxylation sites is 1. The van der Waals surface area contributed by atoms with E-state index in [2.05, 4.69) is 40.7 Å². The number of likely N-dealkylation sites (tertiary alicyclic amines) is 1. The van der Waals surface area contributed by atoms with E-state index < -0.39 is 12.2 Å². The van der Waals surface area contributed by atoms with Crippen LogP contribution >= 0.6 is 0 Å². The first-order chi connectivity index (χ1) is 19.5. The Morgan fingerprint density at radius 3 is 2.55 bits per heavy atom. The molecule has 0 radical (unpaired) electrons. The van der Waals surface area contributed by atoms with E-state index >= 15 is 0 Å². The maximum Gasteiger partial charge on any atom is 0.257 e. The summed E-state index contributed by atoms with van der Waals surface area (Å²) in [4.78, 5) is 32.5. The molecule has 0 aromatic heterocycles. The number of nitrogens with two attached hydrogens (primary N) is 1. The minimum absolute atomic E-state index is 0.0237. The molecule has 212 valence electrons. The number of hydrogen-bond donors (Lipinski definition) is 3. The van der Waals surface area contributed by atoms with E-state index in [4.69, 9.17) is 10.5 Å². The van der Waals surface area contributed by atoms with Crippen molar-refractivity contribution in [2.24, 2.45) is 11.7 Å². The Balaban J connectivity index is 1.34. The zero-order valence-corrected chi connectivity index (χ0v) is 23.3. The third kappa shape index (κ3) is 6.06. The SMILES string of the molecule is CCN(CC)C/C=C/C(=O)N1CCC[C@@H](N2C=C(c3ccc(Oc4ccccc4)cc3)C3C(N)NNC(=O)C32)C1. The summed E-state index contributed by atoms with van der Waals surface area (Å²) in [5.41, 5.74) is 14.2. The summed E-state index contributed by atoms with van der Waals surface area (Å²) in [6.07, 6.45) is 7.08. The second-order valence-corrected chi connectivity index (χ2v) is 10.6. The Morgan fingerprint density at radius 1 is 1.10 bits per heavy atom. The van der Waals surface area contributed by atoms with Crippen LogP contribution in [0.3, 0.4) is 0 Å². The zero-order chi connectivity index (χ0) is 28.1. The second-order valence-electron chi connectivity index (χ2n) is 10.6. The number of likely N-dealkylation sites (N-methyl/N-ethyl adjacent to an activating group) is 1. The van der Waals surface area contributed by atoms with Gasteiger partial charge in [-0.15, -0.1) is 0 Å². The fourth-order valence-electron chi connectivity index (χ4n) is 5.92. The van der Waals surface area contributed by atoms with Crippen molar-refractivity contribution in [3.05, 3.63) is 78.5 Å². The van der Waals surface area contributed by atoms with Gasteiger partial charge in [-0.2, -0.15) is 0 Å². The molecule has 2 aromatic carbocycles. The van der Waals surface area contributed by atoms with Crippen molar-refractivity contribution in [1.82, 2.24) is 25.6 Å². The van der Waals surface area contributed by atoms with Crippen LogP contribution in [0.2, 0.25) is 0 Å². The number of nitrogens with zero attached hydrogens (tertiary/aromatic N) is 3. The molecule has 2 fully saturated rings. The number of carbonyl (C=O) groups excluding carboxylic acids is 2. The summed E-state index contributed by atoms with van der Waals surface area (Å²) in [7, 11) is 0. The highest BCUT2D eigenvalue weighted by atomic mass is 16.5. The summed E-state index contributed by atoms with van der Waals surface area (Å²) in [6, 6.07) is 17.2. The molecule has 2 aromatic rings. The maximum absolute atomic E-state index is 13.2. The van der Waals surface area contributed by atoms with Crippen molar-refractivity contribution in [3.8, 4) is 11.5 Å². The fraction of sp³-hybridized carbons (Fsp3) is 0.419. The van der Waals surface area contributed by atoms with E-state index in [1.807, 2.05) is 65.6 Å². The average Bonchev–Trinajstić information content (AvgIpc) is 3.40. The lowest BCUT2D eigenvalue weighted by molar-refractivity contribution is -0.132. The summed E-state index contributed by atoms with van der Waals surface area (Å²) in [5, 5.41) is 0. The molecular formula is C31H40N6O3. The molecule has 40 heavy (non-hydrogen) atoms. The van der Waals surface area contributed by atoms with Gasteiger partial charge in [0.25, 0.3) is 5.91 Å². The largest absolute Gasteiger partial charge is 0.457 e. The summed E-state index contributed by atoms with van der Waals surface area (Å²) < 4.78 is 5.97. The van der Waals surface area contributed by atoms with Gasteiger partial charge in [0.1, 0.15) is 17.5 Å². The third-order valence-corrected chi connectivity index (χ3v) is 8.14.